The fourth-order valence-electron chi connectivity index (χ4n) is 6.42. The summed E-state index contributed by atoms with van der Waals surface area (Å²) in [6.07, 6.45) is 58.0. The van der Waals surface area contributed by atoms with Crippen molar-refractivity contribution in [3.8, 4) is 0 Å². The average molecular weight is 876 g/mol. The van der Waals surface area contributed by atoms with E-state index in [4.69, 9.17) is 24.3 Å². The van der Waals surface area contributed by atoms with Gasteiger partial charge in [0.15, 0.2) is 6.10 Å². The molecule has 0 aromatic heterocycles. The van der Waals surface area contributed by atoms with E-state index in [1.807, 2.05) is 6.08 Å². The molecule has 0 heterocycles. The first-order valence-electron chi connectivity index (χ1n) is 24.4. The highest BCUT2D eigenvalue weighted by Crippen LogP contribution is 2.43. The van der Waals surface area contributed by atoms with Crippen LogP contribution in [-0.4, -0.2) is 49.3 Å². The molecule has 0 fully saturated rings. The molecule has 0 saturated carbocycles. The molecule has 0 radical (unpaired) electrons. The van der Waals surface area contributed by atoms with Crippen LogP contribution in [0.15, 0.2) is 72.9 Å². The van der Waals surface area contributed by atoms with Crippen molar-refractivity contribution in [3.05, 3.63) is 72.9 Å². The molecule has 3 N–H and O–H groups in total. The van der Waals surface area contributed by atoms with E-state index in [-0.39, 0.29) is 32.6 Å². The van der Waals surface area contributed by atoms with Gasteiger partial charge in [-0.2, -0.15) is 0 Å². The molecule has 2 atom stereocenters. The maximum Gasteiger partial charge on any atom is 0.472 e. The summed E-state index contributed by atoms with van der Waals surface area (Å²) in [5.41, 5.74) is 5.36. The summed E-state index contributed by atoms with van der Waals surface area (Å²) in [7, 11) is -4.40. The van der Waals surface area contributed by atoms with Crippen molar-refractivity contribution < 1.29 is 37.6 Å². The first kappa shape index (κ1) is 58.5. The normalized spacial score (nSPS) is 13.8. The molecule has 10 heteroatoms. The number of esters is 2. The molecule has 0 aliphatic carbocycles. The summed E-state index contributed by atoms with van der Waals surface area (Å²) in [5, 5.41) is 0. The van der Waals surface area contributed by atoms with Crippen molar-refractivity contribution in [1.82, 2.24) is 0 Å². The van der Waals surface area contributed by atoms with Crippen molar-refractivity contribution in [2.45, 2.75) is 213 Å². The molecule has 0 saturated heterocycles. The largest absolute Gasteiger partial charge is 0.472 e. The second-order valence-electron chi connectivity index (χ2n) is 16.0. The van der Waals surface area contributed by atoms with Crippen LogP contribution >= 0.6 is 7.82 Å². The zero-order valence-electron chi connectivity index (χ0n) is 38.9. The molecule has 1 unspecified atom stereocenters. The number of carbonyl (C=O) groups excluding carboxylic acids is 2. The van der Waals surface area contributed by atoms with Gasteiger partial charge >= 0.3 is 19.8 Å². The number of rotatable bonds is 45. The van der Waals surface area contributed by atoms with E-state index in [0.717, 1.165) is 57.8 Å². The summed E-state index contributed by atoms with van der Waals surface area (Å²) in [6.45, 7) is 3.64. The highest BCUT2D eigenvalue weighted by atomic mass is 31.2. The average Bonchev–Trinajstić information content (AvgIpc) is 3.25. The fourth-order valence-corrected chi connectivity index (χ4v) is 7.19. The lowest BCUT2D eigenvalue weighted by Crippen LogP contribution is -2.29. The van der Waals surface area contributed by atoms with E-state index in [9.17, 15) is 19.0 Å². The van der Waals surface area contributed by atoms with Crippen molar-refractivity contribution in [2.24, 2.45) is 5.73 Å². The van der Waals surface area contributed by atoms with Crippen LogP contribution in [0.5, 0.6) is 0 Å². The number of ether oxygens (including phenoxy) is 2. The monoisotopic (exact) mass is 876 g/mol. The van der Waals surface area contributed by atoms with Gasteiger partial charge in [-0.25, -0.2) is 4.57 Å². The Hall–Kier alpha value is -2.55. The minimum Gasteiger partial charge on any atom is -0.462 e. The zero-order valence-corrected chi connectivity index (χ0v) is 39.8. The van der Waals surface area contributed by atoms with Crippen LogP contribution in [0.25, 0.3) is 0 Å². The lowest BCUT2D eigenvalue weighted by Gasteiger charge is -2.19. The summed E-state index contributed by atoms with van der Waals surface area (Å²) >= 11 is 0. The zero-order chi connectivity index (χ0) is 44.6. The minimum atomic E-state index is -4.40. The lowest BCUT2D eigenvalue weighted by atomic mass is 10.1. The van der Waals surface area contributed by atoms with Crippen LogP contribution in [0.3, 0.4) is 0 Å². The number of hydrogen-bond acceptors (Lipinski definition) is 8. The van der Waals surface area contributed by atoms with Gasteiger partial charge in [0.2, 0.25) is 0 Å². The maximum atomic E-state index is 12.6. The lowest BCUT2D eigenvalue weighted by molar-refractivity contribution is -0.161. The Labute approximate surface area is 373 Å². The highest BCUT2D eigenvalue weighted by molar-refractivity contribution is 7.47. The Kier molecular flexibility index (Phi) is 45.0. The Morgan fingerprint density at radius 3 is 1.34 bits per heavy atom. The van der Waals surface area contributed by atoms with Crippen LogP contribution in [0.1, 0.15) is 206 Å². The molecule has 352 valence electrons. The molecule has 0 aromatic carbocycles. The molecule has 0 aliphatic heterocycles. The number of phosphoric acid groups is 1. The quantitative estimate of drug-likeness (QED) is 0.0265. The van der Waals surface area contributed by atoms with E-state index in [2.05, 4.69) is 80.7 Å². The maximum absolute atomic E-state index is 12.6. The van der Waals surface area contributed by atoms with E-state index >= 15 is 0 Å². The molecule has 0 aliphatic rings. The Morgan fingerprint density at radius 2 is 0.869 bits per heavy atom. The molecule has 61 heavy (non-hydrogen) atoms. The molecule has 0 bridgehead atoms. The fraction of sp³-hybridized carbons (Fsp3) is 0.725. The third-order valence-corrected chi connectivity index (χ3v) is 11.0. The Bertz CT molecular complexity index is 1230. The van der Waals surface area contributed by atoms with Crippen LogP contribution in [0.2, 0.25) is 0 Å². The standard InChI is InChI=1S/C51H90NO8P/c1-3-5-7-9-11-13-15-17-19-21-23-24-26-28-30-32-34-36-38-40-42-44-51(54)60-49(48-59-61(55,56)58-46-45-52)47-57-50(53)43-41-39-37-35-33-31-29-27-25-22-20-18-16-14-12-10-8-6-4-2/h12,14,18-21,24,26,30,32,36,38,49H,3-11,13,15-17,22-23,25,27-29,31,33-35,37,39-48,52H2,1-2H3,(H,55,56)/b14-12+,20-18+,21-19+,26-24+,32-30+,38-36+/t49-/m1/s1. The van der Waals surface area contributed by atoms with Gasteiger partial charge in [-0.1, -0.05) is 183 Å². The third kappa shape index (κ3) is 46.8. The topological polar surface area (TPSA) is 134 Å². The highest BCUT2D eigenvalue weighted by Gasteiger charge is 2.26. The van der Waals surface area contributed by atoms with Gasteiger partial charge in [0.25, 0.3) is 0 Å². The van der Waals surface area contributed by atoms with Gasteiger partial charge < -0.3 is 20.1 Å². The van der Waals surface area contributed by atoms with E-state index in [1.54, 1.807) is 0 Å². The second kappa shape index (κ2) is 46.9. The number of hydrogen-bond donors (Lipinski definition) is 2. The Morgan fingerprint density at radius 1 is 0.492 bits per heavy atom. The summed E-state index contributed by atoms with van der Waals surface area (Å²) in [6, 6.07) is 0. The molecular formula is C51H90NO8P. The molecule has 0 amide bonds. The Balaban J connectivity index is 4.20. The van der Waals surface area contributed by atoms with Gasteiger partial charge in [-0.3, -0.25) is 18.6 Å². The molecule has 0 aromatic rings. The molecular weight excluding hydrogens is 786 g/mol. The molecule has 0 spiro atoms. The van der Waals surface area contributed by atoms with Crippen LogP contribution < -0.4 is 5.73 Å². The predicted octanol–water partition coefficient (Wildman–Crippen LogP) is 14.6. The summed E-state index contributed by atoms with van der Waals surface area (Å²) < 4.78 is 32.8. The van der Waals surface area contributed by atoms with Gasteiger partial charge in [0.05, 0.1) is 13.2 Å². The summed E-state index contributed by atoms with van der Waals surface area (Å²) in [4.78, 5) is 35.0. The smallest absolute Gasteiger partial charge is 0.462 e. The van der Waals surface area contributed by atoms with Crippen molar-refractivity contribution in [2.75, 3.05) is 26.4 Å². The molecule has 0 rings (SSSR count). The van der Waals surface area contributed by atoms with Crippen LogP contribution in [0, 0.1) is 0 Å². The van der Waals surface area contributed by atoms with Gasteiger partial charge in [0.1, 0.15) is 6.61 Å². The van der Waals surface area contributed by atoms with E-state index < -0.39 is 32.5 Å². The third-order valence-electron chi connectivity index (χ3n) is 10.1. The minimum absolute atomic E-state index is 0.0411. The van der Waals surface area contributed by atoms with Crippen molar-refractivity contribution in [1.29, 1.82) is 0 Å². The number of phosphoric ester groups is 1. The van der Waals surface area contributed by atoms with Crippen molar-refractivity contribution >= 4 is 19.8 Å². The van der Waals surface area contributed by atoms with Crippen molar-refractivity contribution in [3.63, 3.8) is 0 Å². The van der Waals surface area contributed by atoms with E-state index in [1.165, 1.54) is 109 Å². The number of carbonyl (C=O) groups is 2. The van der Waals surface area contributed by atoms with Crippen LogP contribution in [-0.2, 0) is 32.7 Å². The number of allylic oxidation sites excluding steroid dienone is 12. The van der Waals surface area contributed by atoms with E-state index in [0.29, 0.717) is 12.8 Å². The first-order chi connectivity index (χ1) is 29.8. The number of unbranched alkanes of at least 4 members (excludes halogenated alkanes) is 20. The van der Waals surface area contributed by atoms with Gasteiger partial charge in [-0.15, -0.1) is 0 Å². The van der Waals surface area contributed by atoms with Gasteiger partial charge in [-0.05, 0) is 83.5 Å². The first-order valence-corrected chi connectivity index (χ1v) is 25.9. The molecule has 9 nitrogen and oxygen atoms in total. The van der Waals surface area contributed by atoms with Gasteiger partial charge in [0, 0.05) is 19.4 Å². The second-order valence-corrected chi connectivity index (χ2v) is 17.4. The van der Waals surface area contributed by atoms with Crippen LogP contribution in [0.4, 0.5) is 0 Å². The SMILES string of the molecule is CCCCC/C=C/C/C=C/CCCCCCCCCCCC(=O)OC[C@H](COP(=O)(O)OCCN)OC(=O)CCC/C=C/C/C=C/C/C=C/C/C=C/CCCCCCCCC. The predicted molar refractivity (Wildman–Crippen MR) is 256 cm³/mol. The summed E-state index contributed by atoms with van der Waals surface area (Å²) in [5.74, 6) is -0.900. The number of nitrogens with two attached hydrogens (primary N) is 1.